The minimum atomic E-state index is 1.11. The quantitative estimate of drug-likeness (QED) is 0.460. The maximum Gasteiger partial charge on any atom is -0.0169 e. The van der Waals surface area contributed by atoms with E-state index >= 15 is 0 Å². The molecular formula is C11H16. The third-order valence-electron chi connectivity index (χ3n) is 1.77. The maximum atomic E-state index is 2.28. The van der Waals surface area contributed by atoms with Crippen molar-refractivity contribution in [3.8, 4) is 0 Å². The van der Waals surface area contributed by atoms with Gasteiger partial charge in [-0.2, -0.15) is 0 Å². The molecular weight excluding hydrogens is 132 g/mol. The minimum Gasteiger partial charge on any atom is -0.0882 e. The molecule has 0 saturated heterocycles. The highest BCUT2D eigenvalue weighted by Crippen LogP contribution is 2.01. The number of hydrogen-bond donors (Lipinski definition) is 0. The molecule has 0 saturated carbocycles. The molecule has 0 bridgehead atoms. The van der Waals surface area contributed by atoms with Crippen molar-refractivity contribution in [2.75, 3.05) is 0 Å². The highest BCUT2D eigenvalue weighted by molar-refractivity contribution is 4.96. The van der Waals surface area contributed by atoms with E-state index < -0.39 is 0 Å². The Labute approximate surface area is 69.3 Å². The molecule has 0 fully saturated rings. The number of rotatable bonds is 0. The summed E-state index contributed by atoms with van der Waals surface area (Å²) in [4.78, 5) is 0. The Morgan fingerprint density at radius 1 is 0.455 bits per heavy atom. The van der Waals surface area contributed by atoms with Crippen LogP contribution in [0.3, 0.4) is 0 Å². The van der Waals surface area contributed by atoms with Crippen LogP contribution in [0.25, 0.3) is 0 Å². The van der Waals surface area contributed by atoms with E-state index in [0.29, 0.717) is 0 Å². The largest absolute Gasteiger partial charge is 0.0882 e. The Balaban J connectivity index is 2.34. The smallest absolute Gasteiger partial charge is 0.0169 e. The third-order valence-corrected chi connectivity index (χ3v) is 1.77. The molecule has 0 radical (unpaired) electrons. The molecule has 0 aromatic heterocycles. The van der Waals surface area contributed by atoms with Crippen LogP contribution in [0.15, 0.2) is 36.5 Å². The molecule has 0 N–H and O–H groups in total. The van der Waals surface area contributed by atoms with Gasteiger partial charge < -0.3 is 0 Å². The van der Waals surface area contributed by atoms with Crippen LogP contribution in [-0.2, 0) is 0 Å². The van der Waals surface area contributed by atoms with Gasteiger partial charge in [-0.05, 0) is 32.1 Å². The zero-order valence-corrected chi connectivity index (χ0v) is 7.00. The van der Waals surface area contributed by atoms with Crippen LogP contribution >= 0.6 is 0 Å². The molecule has 0 aromatic rings. The van der Waals surface area contributed by atoms with E-state index in [-0.39, 0.29) is 0 Å². The van der Waals surface area contributed by atoms with Gasteiger partial charge in [-0.15, -0.1) is 0 Å². The summed E-state index contributed by atoms with van der Waals surface area (Å²) in [6.45, 7) is 0. The second kappa shape index (κ2) is 5.96. The molecule has 0 unspecified atom stereocenters. The molecule has 0 nitrogen and oxygen atoms in total. The minimum absolute atomic E-state index is 1.11. The van der Waals surface area contributed by atoms with Crippen LogP contribution in [0.2, 0.25) is 0 Å². The van der Waals surface area contributed by atoms with Crippen molar-refractivity contribution in [3.05, 3.63) is 36.5 Å². The van der Waals surface area contributed by atoms with E-state index in [1.807, 2.05) is 0 Å². The average molecular weight is 148 g/mol. The lowest BCUT2D eigenvalue weighted by molar-refractivity contribution is 1.01. The summed E-state index contributed by atoms with van der Waals surface area (Å²) in [7, 11) is 0. The van der Waals surface area contributed by atoms with Crippen molar-refractivity contribution in [3.63, 3.8) is 0 Å². The topological polar surface area (TPSA) is 0 Å². The van der Waals surface area contributed by atoms with Gasteiger partial charge in [0.25, 0.3) is 0 Å². The fourth-order valence-corrected chi connectivity index (χ4v) is 1.13. The third kappa shape index (κ3) is 4.60. The zero-order chi connectivity index (χ0) is 7.78. The molecule has 1 aliphatic carbocycles. The van der Waals surface area contributed by atoms with Crippen molar-refractivity contribution in [1.82, 2.24) is 0 Å². The van der Waals surface area contributed by atoms with E-state index in [0.717, 1.165) is 6.42 Å². The fraction of sp³-hybridized carbons (Fsp3) is 0.455. The Morgan fingerprint density at radius 2 is 0.818 bits per heavy atom. The molecule has 0 spiro atoms. The second-order valence-electron chi connectivity index (χ2n) is 2.80. The number of hydrogen-bond acceptors (Lipinski definition) is 0. The first kappa shape index (κ1) is 8.32. The van der Waals surface area contributed by atoms with Crippen LogP contribution < -0.4 is 0 Å². The Hall–Kier alpha value is -0.780. The van der Waals surface area contributed by atoms with Crippen molar-refractivity contribution in [2.24, 2.45) is 0 Å². The van der Waals surface area contributed by atoms with Gasteiger partial charge in [0.1, 0.15) is 0 Å². The zero-order valence-electron chi connectivity index (χ0n) is 7.00. The lowest BCUT2D eigenvalue weighted by atomic mass is 10.2. The van der Waals surface area contributed by atoms with Crippen molar-refractivity contribution in [1.29, 1.82) is 0 Å². The van der Waals surface area contributed by atoms with E-state index in [4.69, 9.17) is 0 Å². The normalized spacial score (nSPS) is 25.5. The van der Waals surface area contributed by atoms with Crippen molar-refractivity contribution < 1.29 is 0 Å². The molecule has 0 aromatic carbocycles. The highest BCUT2D eigenvalue weighted by atomic mass is 13.9. The predicted molar refractivity (Wildman–Crippen MR) is 50.5 cm³/mol. The molecule has 0 atom stereocenters. The molecule has 11 heavy (non-hydrogen) atoms. The fourth-order valence-electron chi connectivity index (χ4n) is 1.13. The molecule has 0 heterocycles. The Bertz CT molecular complexity index is 143. The lowest BCUT2D eigenvalue weighted by Gasteiger charge is -1.85. The second-order valence-corrected chi connectivity index (χ2v) is 2.80. The van der Waals surface area contributed by atoms with Gasteiger partial charge in [0.15, 0.2) is 0 Å². The van der Waals surface area contributed by atoms with Crippen molar-refractivity contribution >= 4 is 0 Å². The van der Waals surface area contributed by atoms with Gasteiger partial charge in [-0.1, -0.05) is 36.5 Å². The number of allylic oxidation sites excluding steroid dienone is 6. The van der Waals surface area contributed by atoms with E-state index in [1.165, 1.54) is 25.7 Å². The van der Waals surface area contributed by atoms with Gasteiger partial charge in [-0.25, -0.2) is 0 Å². The molecule has 1 rings (SSSR count). The van der Waals surface area contributed by atoms with Crippen LogP contribution in [0.1, 0.15) is 32.1 Å². The van der Waals surface area contributed by atoms with Gasteiger partial charge in [-0.3, -0.25) is 0 Å². The summed E-state index contributed by atoms with van der Waals surface area (Å²) in [5.41, 5.74) is 0. The monoisotopic (exact) mass is 148 g/mol. The van der Waals surface area contributed by atoms with Crippen LogP contribution in [0.5, 0.6) is 0 Å². The van der Waals surface area contributed by atoms with E-state index in [1.54, 1.807) is 0 Å². The molecule has 0 aliphatic heterocycles. The predicted octanol–water partition coefficient (Wildman–Crippen LogP) is 3.62. The first-order valence-electron chi connectivity index (χ1n) is 4.45. The molecule has 0 amide bonds. The van der Waals surface area contributed by atoms with Crippen LogP contribution in [-0.4, -0.2) is 0 Å². The van der Waals surface area contributed by atoms with Gasteiger partial charge in [0.2, 0.25) is 0 Å². The summed E-state index contributed by atoms with van der Waals surface area (Å²) in [5, 5.41) is 0. The van der Waals surface area contributed by atoms with Crippen molar-refractivity contribution in [2.45, 2.75) is 32.1 Å². The summed E-state index contributed by atoms with van der Waals surface area (Å²) in [6.07, 6.45) is 19.5. The summed E-state index contributed by atoms with van der Waals surface area (Å²) in [6, 6.07) is 0. The SMILES string of the molecule is C1=CCC/C=C\CC/C=C\C1. The van der Waals surface area contributed by atoms with Crippen LogP contribution in [0, 0.1) is 0 Å². The standard InChI is InChI=1S/C11H16/c1-2-4-6-8-10-11-9-7-5-3-1/h1-2,5,7-8,10H,3-4,6,9,11H2/b2-1-,7-5?,10-8-. The summed E-state index contributed by atoms with van der Waals surface area (Å²) >= 11 is 0. The summed E-state index contributed by atoms with van der Waals surface area (Å²) < 4.78 is 0. The highest BCUT2D eigenvalue weighted by Gasteiger charge is 1.80. The van der Waals surface area contributed by atoms with E-state index in [9.17, 15) is 0 Å². The van der Waals surface area contributed by atoms with Gasteiger partial charge in [0.05, 0.1) is 0 Å². The molecule has 0 heteroatoms. The first-order valence-corrected chi connectivity index (χ1v) is 4.45. The Kier molecular flexibility index (Phi) is 4.51. The van der Waals surface area contributed by atoms with Crippen LogP contribution in [0.4, 0.5) is 0 Å². The maximum absolute atomic E-state index is 2.28. The summed E-state index contributed by atoms with van der Waals surface area (Å²) in [5.74, 6) is 0. The lowest BCUT2D eigenvalue weighted by Crippen LogP contribution is -1.65. The molecule has 1 aliphatic rings. The Morgan fingerprint density at radius 3 is 1.27 bits per heavy atom. The average Bonchev–Trinajstić information content (AvgIpc) is 2.08. The van der Waals surface area contributed by atoms with Gasteiger partial charge in [0, 0.05) is 0 Å². The van der Waals surface area contributed by atoms with E-state index in [2.05, 4.69) is 36.5 Å². The molecule has 60 valence electrons. The first-order chi connectivity index (χ1) is 5.50. The van der Waals surface area contributed by atoms with Gasteiger partial charge >= 0.3 is 0 Å².